The van der Waals surface area contributed by atoms with Crippen molar-refractivity contribution in [3.8, 4) is 28.4 Å². The molecule has 0 unspecified atom stereocenters. The third-order valence-corrected chi connectivity index (χ3v) is 18.0. The standard InChI is InChI=1S/C72H81N4O.Pt/c1-67(2,3)50-26-27-73-65(38-50)76-62-25-22-48(49-31-51(68(4,5)6)34-52(32-49)69(7,8)9)33-60(62)59-24-23-58(40-64(59)76)77-57-19-16-18-55(39-57)74-44-75(56-36-53(70(10,11)12)35-54(37-56)71(13,14)15)66-61(20-17-21-63(66)74)72-41-45-28-46(42-72)30-47(29-45)43-72;/h16-27,31-38,44-47H,28-30,41-43H2,1-15H3;/q-3;. The van der Waals surface area contributed by atoms with Gasteiger partial charge in [0.2, 0.25) is 0 Å². The van der Waals surface area contributed by atoms with E-state index in [2.05, 4.69) is 246 Å². The van der Waals surface area contributed by atoms with Crippen molar-refractivity contribution in [3.63, 3.8) is 0 Å². The van der Waals surface area contributed by atoms with Gasteiger partial charge in [0.15, 0.2) is 0 Å². The van der Waals surface area contributed by atoms with Crippen LogP contribution in [0.3, 0.4) is 0 Å². The number of hydrogen-bond acceptors (Lipinski definition) is 4. The molecule has 0 spiro atoms. The van der Waals surface area contributed by atoms with E-state index in [1.54, 1.807) is 0 Å². The van der Waals surface area contributed by atoms with Gasteiger partial charge in [-0.2, -0.15) is 12.1 Å². The van der Waals surface area contributed by atoms with Crippen molar-refractivity contribution in [1.82, 2.24) is 9.55 Å². The molecule has 0 saturated heterocycles. The molecule has 6 heteroatoms. The molecule has 5 aliphatic rings. The fourth-order valence-corrected chi connectivity index (χ4v) is 13.9. The molecule has 4 saturated carbocycles. The summed E-state index contributed by atoms with van der Waals surface area (Å²) >= 11 is 0. The average molecular weight is 1210 g/mol. The Morgan fingerprint density at radius 2 is 1.09 bits per heavy atom. The number of fused-ring (bicyclic) bond motifs is 4. The van der Waals surface area contributed by atoms with Crippen LogP contribution in [0.15, 0.2) is 121 Å². The summed E-state index contributed by atoms with van der Waals surface area (Å²) in [6.07, 6.45) is 10.1. The second-order valence-electron chi connectivity index (χ2n) is 29.1. The number of rotatable bonds is 7. The minimum Gasteiger partial charge on any atom is -0.509 e. The van der Waals surface area contributed by atoms with Crippen LogP contribution >= 0.6 is 0 Å². The van der Waals surface area contributed by atoms with Crippen LogP contribution in [-0.4, -0.2) is 9.55 Å². The Balaban J connectivity index is 0.00000645. The third kappa shape index (κ3) is 9.85. The van der Waals surface area contributed by atoms with E-state index in [1.807, 2.05) is 12.3 Å². The van der Waals surface area contributed by atoms with Gasteiger partial charge >= 0.3 is 0 Å². The quantitative estimate of drug-likeness (QED) is 0.149. The zero-order valence-electron chi connectivity index (χ0n) is 49.1. The minimum absolute atomic E-state index is 0. The third-order valence-electron chi connectivity index (χ3n) is 18.0. The van der Waals surface area contributed by atoms with Crippen molar-refractivity contribution < 1.29 is 25.8 Å². The number of pyridine rings is 1. The maximum Gasteiger partial charge on any atom is 0.135 e. The van der Waals surface area contributed by atoms with E-state index in [-0.39, 0.29) is 53.6 Å². The van der Waals surface area contributed by atoms with Crippen LogP contribution in [0.2, 0.25) is 0 Å². The van der Waals surface area contributed by atoms with Gasteiger partial charge < -0.3 is 19.1 Å². The molecule has 0 N–H and O–H groups in total. The fraction of sp³-hybridized carbons (Fsp3) is 0.417. The SMILES string of the molecule is CC(C)(C)c1cc(-c2ccc3c(c2)c2ccc(Oc4[c-]c(N5[CH-]N(c6cc(C(C)(C)C)cc(C(C)(C)C)c6)c6c5cccc6C56CC7CC(CC(C7)C5)C6)ccc4)[c-]c2n3-c2cc(C(C)(C)C)ccn2)cc(C(C)(C)C)c1.[Pt]. The van der Waals surface area contributed by atoms with E-state index in [0.717, 1.165) is 51.1 Å². The predicted molar refractivity (Wildman–Crippen MR) is 323 cm³/mol. The van der Waals surface area contributed by atoms with Crippen molar-refractivity contribution >= 4 is 44.6 Å². The van der Waals surface area contributed by atoms with Crippen LogP contribution in [0.4, 0.5) is 22.7 Å². The van der Waals surface area contributed by atoms with E-state index in [9.17, 15) is 0 Å². The van der Waals surface area contributed by atoms with Gasteiger partial charge in [0.25, 0.3) is 0 Å². The van der Waals surface area contributed by atoms with E-state index < -0.39 is 0 Å². The molecule has 13 rings (SSSR count). The number of nitrogens with zero attached hydrogens (tertiary/aromatic N) is 4. The summed E-state index contributed by atoms with van der Waals surface area (Å²) in [5, 5.41) is 2.25. The van der Waals surface area contributed by atoms with E-state index >= 15 is 0 Å². The monoisotopic (exact) mass is 1210 g/mol. The summed E-state index contributed by atoms with van der Waals surface area (Å²) < 4.78 is 9.20. The molecule has 4 bridgehead atoms. The second kappa shape index (κ2) is 19.0. The molecule has 4 aliphatic carbocycles. The van der Waals surface area contributed by atoms with E-state index in [1.165, 1.54) is 100 Å². The zero-order chi connectivity index (χ0) is 54.4. The Labute approximate surface area is 481 Å². The van der Waals surface area contributed by atoms with Crippen molar-refractivity contribution in [3.05, 3.63) is 174 Å². The molecule has 8 aromatic rings. The normalized spacial score (nSPS) is 20.4. The molecular weight excluding hydrogens is 1130 g/mol. The first-order valence-corrected chi connectivity index (χ1v) is 28.8. The smallest absolute Gasteiger partial charge is 0.135 e. The van der Waals surface area contributed by atoms with Crippen LogP contribution in [-0.2, 0) is 53.6 Å². The summed E-state index contributed by atoms with van der Waals surface area (Å²) in [5.41, 5.74) is 17.4. The van der Waals surface area contributed by atoms with Crippen molar-refractivity contribution in [1.29, 1.82) is 0 Å². The van der Waals surface area contributed by atoms with Crippen molar-refractivity contribution in [2.24, 2.45) is 17.8 Å². The zero-order valence-corrected chi connectivity index (χ0v) is 51.4. The van der Waals surface area contributed by atoms with Crippen LogP contribution in [0.5, 0.6) is 11.5 Å². The van der Waals surface area contributed by atoms with Gasteiger partial charge in [0.05, 0.1) is 0 Å². The number of para-hydroxylation sites is 1. The number of ether oxygens (including phenoxy) is 1. The minimum atomic E-state index is -0.0577. The Hall–Kier alpha value is -5.64. The summed E-state index contributed by atoms with van der Waals surface area (Å²) in [7, 11) is 0. The van der Waals surface area contributed by atoms with Crippen LogP contribution in [0, 0.1) is 36.6 Å². The van der Waals surface area contributed by atoms with Gasteiger partial charge in [-0.15, -0.1) is 48.1 Å². The Morgan fingerprint density at radius 3 is 1.68 bits per heavy atom. The summed E-state index contributed by atoms with van der Waals surface area (Å²) in [5.74, 6) is 4.64. The number of benzene rings is 6. The Morgan fingerprint density at radius 1 is 0.526 bits per heavy atom. The van der Waals surface area contributed by atoms with Gasteiger partial charge in [-0.3, -0.25) is 0 Å². The van der Waals surface area contributed by atoms with Gasteiger partial charge in [0.1, 0.15) is 5.82 Å². The largest absolute Gasteiger partial charge is 0.509 e. The van der Waals surface area contributed by atoms with Crippen LogP contribution in [0.1, 0.15) is 176 Å². The van der Waals surface area contributed by atoms with Gasteiger partial charge in [-0.05, 0) is 175 Å². The Kier molecular flexibility index (Phi) is 13.2. The van der Waals surface area contributed by atoms with E-state index in [4.69, 9.17) is 9.72 Å². The first-order valence-electron chi connectivity index (χ1n) is 28.8. The van der Waals surface area contributed by atoms with Gasteiger partial charge in [-0.25, -0.2) is 4.98 Å². The predicted octanol–water partition coefficient (Wildman–Crippen LogP) is 19.6. The van der Waals surface area contributed by atoms with Gasteiger partial charge in [-0.1, -0.05) is 158 Å². The molecular formula is C72H81N4OPt-3. The number of hydrogen-bond donors (Lipinski definition) is 0. The van der Waals surface area contributed by atoms with Crippen LogP contribution < -0.4 is 14.5 Å². The molecule has 0 amide bonds. The molecule has 3 heterocycles. The topological polar surface area (TPSA) is 33.5 Å². The summed E-state index contributed by atoms with van der Waals surface area (Å²) in [6.45, 7) is 37.0. The first kappa shape index (κ1) is 54.3. The molecule has 408 valence electrons. The molecule has 6 aromatic carbocycles. The first-order chi connectivity index (χ1) is 36.2. The van der Waals surface area contributed by atoms with Crippen molar-refractivity contribution in [2.45, 2.75) is 175 Å². The molecule has 0 radical (unpaired) electrons. The summed E-state index contributed by atoms with van der Waals surface area (Å²) in [4.78, 5) is 9.95. The molecule has 4 fully saturated rings. The molecule has 2 aromatic heterocycles. The molecule has 1 aliphatic heterocycles. The maximum absolute atomic E-state index is 6.93. The van der Waals surface area contributed by atoms with Crippen molar-refractivity contribution in [2.75, 3.05) is 9.80 Å². The molecule has 5 nitrogen and oxygen atoms in total. The maximum atomic E-state index is 6.93. The Bertz CT molecular complexity index is 3520. The molecule has 0 atom stereocenters. The second-order valence-corrected chi connectivity index (χ2v) is 29.1. The molecule has 78 heavy (non-hydrogen) atoms. The number of anilines is 4. The van der Waals surface area contributed by atoms with Crippen LogP contribution in [0.25, 0.3) is 38.8 Å². The average Bonchev–Trinajstić information content (AvgIpc) is 4.11. The van der Waals surface area contributed by atoms with E-state index in [0.29, 0.717) is 11.5 Å². The number of aromatic nitrogens is 2. The fourth-order valence-electron chi connectivity index (χ4n) is 13.9. The summed E-state index contributed by atoms with van der Waals surface area (Å²) in [6, 6.07) is 51.1. The van der Waals surface area contributed by atoms with Gasteiger partial charge in [0, 0.05) is 61.3 Å².